The van der Waals surface area contributed by atoms with Crippen LogP contribution in [-0.4, -0.2) is 66.5 Å². The zero-order valence-corrected chi connectivity index (χ0v) is 16.0. The van der Waals surface area contributed by atoms with E-state index < -0.39 is 24.0 Å². The third kappa shape index (κ3) is 2.92. The van der Waals surface area contributed by atoms with E-state index in [1.54, 1.807) is 23.4 Å². The highest BCUT2D eigenvalue weighted by atomic mass is 19.3. The zero-order chi connectivity index (χ0) is 20.9. The summed E-state index contributed by atoms with van der Waals surface area (Å²) in [7, 11) is 0. The molecule has 2 aliphatic rings. The van der Waals surface area contributed by atoms with Gasteiger partial charge in [0.25, 0.3) is 0 Å². The molecule has 1 saturated heterocycles. The molecule has 11 heteroatoms. The number of fused-ring (bicyclic) bond motifs is 1. The fourth-order valence-electron chi connectivity index (χ4n) is 4.44. The van der Waals surface area contributed by atoms with Gasteiger partial charge < -0.3 is 15.3 Å². The van der Waals surface area contributed by atoms with Gasteiger partial charge in [0.15, 0.2) is 0 Å². The zero-order valence-electron chi connectivity index (χ0n) is 16.0. The van der Waals surface area contributed by atoms with Gasteiger partial charge in [-0.1, -0.05) is 0 Å². The van der Waals surface area contributed by atoms with Crippen LogP contribution in [-0.2, 0) is 0 Å². The number of piperidine rings is 1. The first kappa shape index (κ1) is 18.9. The van der Waals surface area contributed by atoms with Crippen LogP contribution in [0.2, 0.25) is 0 Å². The number of hydrogen-bond acceptors (Lipinski definition) is 5. The second-order valence-electron chi connectivity index (χ2n) is 8.24. The molecule has 0 bridgehead atoms. The third-order valence-corrected chi connectivity index (χ3v) is 6.40. The van der Waals surface area contributed by atoms with Crippen molar-refractivity contribution in [2.24, 2.45) is 5.41 Å². The van der Waals surface area contributed by atoms with Crippen LogP contribution in [0, 0.1) is 5.41 Å². The largest absolute Gasteiger partial charge is 0.396 e. The van der Waals surface area contributed by atoms with E-state index in [2.05, 4.69) is 30.7 Å². The maximum absolute atomic E-state index is 13.6. The lowest BCUT2D eigenvalue weighted by Gasteiger charge is -2.46. The van der Waals surface area contributed by atoms with E-state index in [-0.39, 0.29) is 25.4 Å². The highest BCUT2D eigenvalue weighted by Crippen LogP contribution is 2.55. The first-order chi connectivity index (χ1) is 14.5. The number of aromatic nitrogens is 5. The number of H-pyrrole nitrogens is 2. The number of nitrogens with zero attached hydrogens (tertiary/aromatic N) is 4. The number of likely N-dealkylation sites (tertiary alicyclic amines) is 1. The Labute approximate surface area is 169 Å². The van der Waals surface area contributed by atoms with Gasteiger partial charge in [-0.3, -0.25) is 15.2 Å². The maximum atomic E-state index is 13.6. The molecule has 2 amide bonds. The predicted octanol–water partition coefficient (Wildman–Crippen LogP) is 2.75. The number of nitrogens with one attached hydrogen (secondary N) is 3. The average Bonchev–Trinajstić information content (AvgIpc) is 3.15. The minimum absolute atomic E-state index is 0.0621. The van der Waals surface area contributed by atoms with Gasteiger partial charge in [0.05, 0.1) is 41.3 Å². The molecule has 1 atom stereocenters. The summed E-state index contributed by atoms with van der Waals surface area (Å²) in [6, 6.07) is 1.44. The molecule has 0 radical (unpaired) electrons. The van der Waals surface area contributed by atoms with Crippen LogP contribution in [0.1, 0.15) is 25.7 Å². The van der Waals surface area contributed by atoms with Crippen molar-refractivity contribution in [1.29, 1.82) is 0 Å². The van der Waals surface area contributed by atoms with Gasteiger partial charge in [-0.05, 0) is 31.7 Å². The van der Waals surface area contributed by atoms with Crippen LogP contribution in [0.25, 0.3) is 22.3 Å². The van der Waals surface area contributed by atoms with Gasteiger partial charge in [-0.15, -0.1) is 0 Å². The van der Waals surface area contributed by atoms with Crippen molar-refractivity contribution in [3.8, 4) is 11.4 Å². The van der Waals surface area contributed by atoms with E-state index in [1.807, 2.05) is 0 Å². The Bertz CT molecular complexity index is 1090. The molecule has 9 nitrogen and oxygen atoms in total. The number of urea groups is 1. The van der Waals surface area contributed by atoms with Gasteiger partial charge in [0.2, 0.25) is 6.43 Å². The van der Waals surface area contributed by atoms with Crippen molar-refractivity contribution < 1.29 is 18.7 Å². The lowest BCUT2D eigenvalue weighted by molar-refractivity contribution is -0.0910. The molecule has 30 heavy (non-hydrogen) atoms. The Hall–Kier alpha value is -3.08. The second kappa shape index (κ2) is 6.73. The summed E-state index contributed by atoms with van der Waals surface area (Å²) in [5.74, 6) is 0. The Morgan fingerprint density at radius 2 is 2.03 bits per heavy atom. The van der Waals surface area contributed by atoms with Crippen molar-refractivity contribution in [3.05, 3.63) is 24.7 Å². The number of anilines is 1. The summed E-state index contributed by atoms with van der Waals surface area (Å²) in [5.41, 5.74) is 0.327. The Morgan fingerprint density at radius 1 is 1.23 bits per heavy atom. The SMILES string of the molecule is O=C(Nc1cn[nH]c1-c1cc2[nH]ncc2cn1)N1CCC(CO)(C(F)F)CC12CC2. The smallest absolute Gasteiger partial charge is 0.322 e. The van der Waals surface area contributed by atoms with Gasteiger partial charge in [-0.25, -0.2) is 13.6 Å². The molecule has 1 aliphatic carbocycles. The minimum Gasteiger partial charge on any atom is -0.396 e. The molecule has 158 valence electrons. The topological polar surface area (TPSA) is 123 Å². The van der Waals surface area contributed by atoms with Crippen molar-refractivity contribution >= 4 is 22.6 Å². The van der Waals surface area contributed by atoms with Crippen molar-refractivity contribution in [1.82, 2.24) is 30.3 Å². The molecule has 3 aromatic rings. The first-order valence-electron chi connectivity index (χ1n) is 9.77. The van der Waals surface area contributed by atoms with E-state index in [4.69, 9.17) is 0 Å². The number of pyridine rings is 1. The molecule has 5 rings (SSSR count). The number of aliphatic hydroxyl groups excluding tert-OH is 1. The number of alkyl halides is 2. The van der Waals surface area contributed by atoms with E-state index >= 15 is 0 Å². The average molecular weight is 417 g/mol. The van der Waals surface area contributed by atoms with Crippen LogP contribution in [0.4, 0.5) is 19.3 Å². The Kier molecular flexibility index (Phi) is 4.24. The molecule has 2 fully saturated rings. The molecule has 0 aromatic carbocycles. The molecular weight excluding hydrogens is 396 g/mol. The summed E-state index contributed by atoms with van der Waals surface area (Å²) >= 11 is 0. The first-order valence-corrected chi connectivity index (χ1v) is 9.77. The lowest BCUT2D eigenvalue weighted by atomic mass is 9.75. The van der Waals surface area contributed by atoms with Crippen LogP contribution < -0.4 is 5.32 Å². The number of carbonyl (C=O) groups excluding carboxylic acids is 1. The van der Waals surface area contributed by atoms with E-state index in [9.17, 15) is 18.7 Å². The summed E-state index contributed by atoms with van der Waals surface area (Å²) in [5, 5.41) is 27.0. The highest BCUT2D eigenvalue weighted by Gasteiger charge is 2.60. The Balaban J connectivity index is 1.36. The molecule has 3 aromatic heterocycles. The minimum atomic E-state index is -2.62. The van der Waals surface area contributed by atoms with Gasteiger partial charge >= 0.3 is 6.03 Å². The van der Waals surface area contributed by atoms with Gasteiger partial charge in [0.1, 0.15) is 5.69 Å². The summed E-state index contributed by atoms with van der Waals surface area (Å²) in [6.07, 6.45) is 3.70. The number of aromatic amines is 2. The highest BCUT2D eigenvalue weighted by molar-refractivity contribution is 5.94. The fourth-order valence-corrected chi connectivity index (χ4v) is 4.44. The third-order valence-electron chi connectivity index (χ3n) is 6.40. The van der Waals surface area contributed by atoms with Gasteiger partial charge in [0, 0.05) is 23.7 Å². The number of hydrogen-bond donors (Lipinski definition) is 4. The van der Waals surface area contributed by atoms with Crippen LogP contribution in [0.3, 0.4) is 0 Å². The molecule has 1 unspecified atom stereocenters. The van der Waals surface area contributed by atoms with Crippen LogP contribution in [0.5, 0.6) is 0 Å². The molecule has 1 aliphatic heterocycles. The molecule has 1 saturated carbocycles. The standard InChI is InChI=1S/C19H21F2N7O2/c20-16(21)18(10-29)3-4-28(19(9-18)1-2-19)17(30)25-14-8-24-27-15(14)13-5-12-11(6-22-13)7-23-26-12/h5-8,16,29H,1-4,9-10H2,(H,23,26)(H,24,27)(H,25,30). The molecule has 4 heterocycles. The number of carbonyl (C=O) groups is 1. The quantitative estimate of drug-likeness (QED) is 0.520. The van der Waals surface area contributed by atoms with E-state index in [0.29, 0.717) is 29.9 Å². The van der Waals surface area contributed by atoms with E-state index in [1.165, 1.54) is 6.20 Å². The summed E-state index contributed by atoms with van der Waals surface area (Å²) in [6.45, 7) is -0.405. The van der Waals surface area contributed by atoms with Gasteiger partial charge in [-0.2, -0.15) is 10.2 Å². The van der Waals surface area contributed by atoms with Crippen LogP contribution >= 0.6 is 0 Å². The summed E-state index contributed by atoms with van der Waals surface area (Å²) in [4.78, 5) is 19.0. The fraction of sp³-hybridized carbons (Fsp3) is 0.474. The van der Waals surface area contributed by atoms with Crippen LogP contribution in [0.15, 0.2) is 24.7 Å². The number of amides is 2. The predicted molar refractivity (Wildman–Crippen MR) is 104 cm³/mol. The maximum Gasteiger partial charge on any atom is 0.322 e. The van der Waals surface area contributed by atoms with Crippen molar-refractivity contribution in [3.63, 3.8) is 0 Å². The number of aliphatic hydroxyl groups is 1. The number of halogens is 2. The normalized spacial score (nSPS) is 22.7. The number of rotatable bonds is 4. The lowest BCUT2D eigenvalue weighted by Crippen LogP contribution is -2.55. The summed E-state index contributed by atoms with van der Waals surface area (Å²) < 4.78 is 27.2. The van der Waals surface area contributed by atoms with E-state index in [0.717, 1.165) is 10.9 Å². The molecule has 4 N–H and O–H groups in total. The molecule has 1 spiro atoms. The molecular formula is C19H21F2N7O2. The van der Waals surface area contributed by atoms with Crippen molar-refractivity contribution in [2.45, 2.75) is 37.6 Å². The second-order valence-corrected chi connectivity index (χ2v) is 8.24. The van der Waals surface area contributed by atoms with Crippen molar-refractivity contribution in [2.75, 3.05) is 18.5 Å². The monoisotopic (exact) mass is 417 g/mol. The Morgan fingerprint density at radius 3 is 2.77 bits per heavy atom.